The van der Waals surface area contributed by atoms with Crippen molar-refractivity contribution in [2.24, 2.45) is 0 Å². The van der Waals surface area contributed by atoms with E-state index in [9.17, 15) is 4.79 Å². The van der Waals surface area contributed by atoms with Crippen molar-refractivity contribution >= 4 is 52.4 Å². The van der Waals surface area contributed by atoms with Crippen LogP contribution in [-0.2, 0) is 0 Å². The number of carboxylic acid groups (broad SMARTS) is 1. The highest BCUT2D eigenvalue weighted by Crippen LogP contribution is 2.35. The lowest BCUT2D eigenvalue weighted by atomic mass is 10.1. The van der Waals surface area contributed by atoms with Crippen molar-refractivity contribution in [2.75, 3.05) is 0 Å². The lowest BCUT2D eigenvalue weighted by Crippen LogP contribution is -1.99. The van der Waals surface area contributed by atoms with Crippen molar-refractivity contribution in [3.63, 3.8) is 0 Å². The standard InChI is InChI=1S/C12H5Cl4NO2/c13-8-2-5(3-9(14)10(8)15)6-1-7(12(18)19)11(16)17-4-6/h1-4H,(H,18,19). The third kappa shape index (κ3) is 2.95. The van der Waals surface area contributed by atoms with Crippen molar-refractivity contribution in [1.82, 2.24) is 4.98 Å². The maximum absolute atomic E-state index is 11.0. The van der Waals surface area contributed by atoms with Gasteiger partial charge in [0.25, 0.3) is 0 Å². The Labute approximate surface area is 128 Å². The average Bonchev–Trinajstić information content (AvgIpc) is 2.35. The van der Waals surface area contributed by atoms with E-state index < -0.39 is 5.97 Å². The van der Waals surface area contributed by atoms with Gasteiger partial charge in [0.15, 0.2) is 0 Å². The van der Waals surface area contributed by atoms with Gasteiger partial charge in [0.1, 0.15) is 5.15 Å². The molecule has 3 nitrogen and oxygen atoms in total. The van der Waals surface area contributed by atoms with Crippen LogP contribution in [0.2, 0.25) is 20.2 Å². The minimum absolute atomic E-state index is 0.0811. The van der Waals surface area contributed by atoms with Gasteiger partial charge in [-0.15, -0.1) is 0 Å². The Balaban J connectivity index is 2.60. The summed E-state index contributed by atoms with van der Waals surface area (Å²) in [5.41, 5.74) is 1.04. The zero-order chi connectivity index (χ0) is 14.2. The van der Waals surface area contributed by atoms with Crippen LogP contribution in [0, 0.1) is 0 Å². The Morgan fingerprint density at radius 3 is 2.11 bits per heavy atom. The topological polar surface area (TPSA) is 50.2 Å². The summed E-state index contributed by atoms with van der Waals surface area (Å²) in [4.78, 5) is 14.8. The third-order valence-corrected chi connectivity index (χ3v) is 3.88. The lowest BCUT2D eigenvalue weighted by Gasteiger charge is -2.07. The van der Waals surface area contributed by atoms with Crippen LogP contribution in [-0.4, -0.2) is 16.1 Å². The predicted octanol–water partition coefficient (Wildman–Crippen LogP) is 5.06. The van der Waals surface area contributed by atoms with E-state index in [1.165, 1.54) is 12.3 Å². The number of nitrogens with zero attached hydrogens (tertiary/aromatic N) is 1. The van der Waals surface area contributed by atoms with Gasteiger partial charge in [0.2, 0.25) is 0 Å². The third-order valence-electron chi connectivity index (χ3n) is 2.39. The first-order chi connectivity index (χ1) is 8.90. The Bertz CT molecular complexity index is 650. The summed E-state index contributed by atoms with van der Waals surface area (Å²) in [6.07, 6.45) is 1.44. The molecule has 0 amide bonds. The highest BCUT2D eigenvalue weighted by atomic mass is 35.5. The molecule has 0 spiro atoms. The fourth-order valence-electron chi connectivity index (χ4n) is 1.48. The van der Waals surface area contributed by atoms with Crippen LogP contribution in [0.3, 0.4) is 0 Å². The van der Waals surface area contributed by atoms with Gasteiger partial charge < -0.3 is 5.11 Å². The molecule has 98 valence electrons. The quantitative estimate of drug-likeness (QED) is 0.616. The molecule has 19 heavy (non-hydrogen) atoms. The monoisotopic (exact) mass is 335 g/mol. The molecule has 0 atom stereocenters. The molecular weight excluding hydrogens is 332 g/mol. The molecular formula is C12H5Cl4NO2. The maximum atomic E-state index is 11.0. The van der Waals surface area contributed by atoms with E-state index in [0.717, 1.165) is 0 Å². The van der Waals surface area contributed by atoms with Gasteiger partial charge in [-0.3, -0.25) is 0 Å². The summed E-state index contributed by atoms with van der Waals surface area (Å²) in [6, 6.07) is 4.55. The number of hydrogen-bond acceptors (Lipinski definition) is 2. The number of benzene rings is 1. The van der Waals surface area contributed by atoms with Crippen LogP contribution in [0.15, 0.2) is 24.4 Å². The van der Waals surface area contributed by atoms with Crippen molar-refractivity contribution in [2.45, 2.75) is 0 Å². The molecule has 0 saturated heterocycles. The Kier molecular flexibility index (Phi) is 4.21. The molecule has 0 saturated carbocycles. The first kappa shape index (κ1) is 14.4. The van der Waals surface area contributed by atoms with E-state index >= 15 is 0 Å². The molecule has 0 aliphatic carbocycles. The van der Waals surface area contributed by atoms with Gasteiger partial charge in [-0.2, -0.15) is 0 Å². The largest absolute Gasteiger partial charge is 0.478 e. The smallest absolute Gasteiger partial charge is 0.338 e. The summed E-state index contributed by atoms with van der Waals surface area (Å²) in [6.45, 7) is 0. The molecule has 0 aliphatic heterocycles. The number of halogens is 4. The van der Waals surface area contributed by atoms with E-state index in [1.54, 1.807) is 12.1 Å². The fourth-order valence-corrected chi connectivity index (χ4v) is 2.26. The minimum atomic E-state index is -1.16. The second kappa shape index (κ2) is 5.55. The molecule has 2 rings (SSSR count). The van der Waals surface area contributed by atoms with E-state index in [1.807, 2.05) is 0 Å². The number of carboxylic acids is 1. The van der Waals surface area contributed by atoms with E-state index in [2.05, 4.69) is 4.98 Å². The lowest BCUT2D eigenvalue weighted by molar-refractivity contribution is 0.0696. The molecule has 0 radical (unpaired) electrons. The van der Waals surface area contributed by atoms with Crippen molar-refractivity contribution in [3.05, 3.63) is 50.2 Å². The zero-order valence-corrected chi connectivity index (χ0v) is 12.1. The first-order valence-corrected chi connectivity index (χ1v) is 6.45. The van der Waals surface area contributed by atoms with Crippen LogP contribution in [0.4, 0.5) is 0 Å². The van der Waals surface area contributed by atoms with Gasteiger partial charge >= 0.3 is 5.97 Å². The van der Waals surface area contributed by atoms with Crippen LogP contribution >= 0.6 is 46.4 Å². The molecule has 2 aromatic rings. The molecule has 0 aliphatic rings. The summed E-state index contributed by atoms with van der Waals surface area (Å²) < 4.78 is 0. The molecule has 1 N–H and O–H groups in total. The van der Waals surface area contributed by atoms with Gasteiger partial charge in [0, 0.05) is 11.8 Å². The molecule has 1 heterocycles. The molecule has 7 heteroatoms. The number of pyridine rings is 1. The van der Waals surface area contributed by atoms with Crippen LogP contribution in [0.5, 0.6) is 0 Å². The molecule has 0 unspecified atom stereocenters. The second-order valence-electron chi connectivity index (χ2n) is 3.62. The number of aromatic nitrogens is 1. The van der Waals surface area contributed by atoms with Crippen LogP contribution in [0.1, 0.15) is 10.4 Å². The maximum Gasteiger partial charge on any atom is 0.338 e. The Hall–Kier alpha value is -1.00. The number of aromatic carboxylic acids is 1. The first-order valence-electron chi connectivity index (χ1n) is 4.94. The zero-order valence-electron chi connectivity index (χ0n) is 9.12. The van der Waals surface area contributed by atoms with Crippen molar-refractivity contribution in [3.8, 4) is 11.1 Å². The fraction of sp³-hybridized carbons (Fsp3) is 0. The highest BCUT2D eigenvalue weighted by Gasteiger charge is 2.13. The number of hydrogen-bond donors (Lipinski definition) is 1. The number of carbonyl (C=O) groups is 1. The van der Waals surface area contributed by atoms with E-state index in [0.29, 0.717) is 11.1 Å². The minimum Gasteiger partial charge on any atom is -0.478 e. The van der Waals surface area contributed by atoms with Gasteiger partial charge in [-0.1, -0.05) is 46.4 Å². The highest BCUT2D eigenvalue weighted by molar-refractivity contribution is 6.48. The summed E-state index contributed by atoms with van der Waals surface area (Å²) >= 11 is 23.4. The summed E-state index contributed by atoms with van der Waals surface area (Å²) in [7, 11) is 0. The van der Waals surface area contributed by atoms with Gasteiger partial charge in [-0.05, 0) is 23.8 Å². The molecule has 0 fully saturated rings. The molecule has 1 aromatic heterocycles. The van der Waals surface area contributed by atoms with E-state index in [4.69, 9.17) is 51.5 Å². The van der Waals surface area contributed by atoms with Gasteiger partial charge in [0.05, 0.1) is 20.6 Å². The second-order valence-corrected chi connectivity index (χ2v) is 5.17. The Morgan fingerprint density at radius 2 is 1.58 bits per heavy atom. The summed E-state index contributed by atoms with van der Waals surface area (Å²) in [5.74, 6) is -1.16. The summed E-state index contributed by atoms with van der Waals surface area (Å²) in [5, 5.41) is 9.70. The average molecular weight is 337 g/mol. The predicted molar refractivity (Wildman–Crippen MR) is 76.7 cm³/mol. The van der Waals surface area contributed by atoms with Gasteiger partial charge in [-0.25, -0.2) is 9.78 Å². The van der Waals surface area contributed by atoms with E-state index in [-0.39, 0.29) is 25.8 Å². The number of rotatable bonds is 2. The van der Waals surface area contributed by atoms with Crippen molar-refractivity contribution < 1.29 is 9.90 Å². The molecule has 0 bridgehead atoms. The van der Waals surface area contributed by atoms with Crippen molar-refractivity contribution in [1.29, 1.82) is 0 Å². The normalized spacial score (nSPS) is 10.5. The SMILES string of the molecule is O=C(O)c1cc(-c2cc(Cl)c(Cl)c(Cl)c2)cnc1Cl. The molecule has 1 aromatic carbocycles. The van der Waals surface area contributed by atoms with Crippen LogP contribution in [0.25, 0.3) is 11.1 Å². The van der Waals surface area contributed by atoms with Crippen LogP contribution < -0.4 is 0 Å². The Morgan fingerprint density at radius 1 is 1.00 bits per heavy atom.